The van der Waals surface area contributed by atoms with Crippen LogP contribution in [0.25, 0.3) is 16.8 Å². The zero-order chi connectivity index (χ0) is 20.4. The van der Waals surface area contributed by atoms with Crippen molar-refractivity contribution in [1.82, 2.24) is 4.57 Å². The fraction of sp³-hybridized carbons (Fsp3) is 0.0455. The molecule has 1 amide bonds. The van der Waals surface area contributed by atoms with Crippen molar-refractivity contribution < 1.29 is 13.9 Å². The minimum atomic E-state index is -0.305. The number of carbonyl (C=O) groups is 1. The molecule has 0 saturated heterocycles. The zero-order valence-electron chi connectivity index (χ0n) is 15.4. The molecule has 4 rings (SSSR count). The van der Waals surface area contributed by atoms with Crippen LogP contribution in [0, 0.1) is 5.82 Å². The van der Waals surface area contributed by atoms with E-state index >= 15 is 0 Å². The summed E-state index contributed by atoms with van der Waals surface area (Å²) < 4.78 is 20.4. The number of ether oxygens (including phenoxy) is 1. The van der Waals surface area contributed by atoms with Crippen LogP contribution in [0.4, 0.5) is 10.1 Å². The highest BCUT2D eigenvalue weighted by atomic mass is 35.5. The molecule has 146 valence electrons. The van der Waals surface area contributed by atoms with Crippen LogP contribution in [0.15, 0.2) is 72.4 Å². The van der Waals surface area contributed by atoms with Crippen LogP contribution < -0.4 is 10.1 Å². The number of hydrogen-bond donors (Lipinski definition) is 1. The van der Waals surface area contributed by atoms with Crippen molar-refractivity contribution in [2.45, 2.75) is 0 Å². The average molecular weight is 427 g/mol. The Kier molecular flexibility index (Phi) is 5.38. The predicted molar refractivity (Wildman–Crippen MR) is 115 cm³/mol. The third-order valence-electron chi connectivity index (χ3n) is 4.40. The molecule has 1 N–H and O–H groups in total. The topological polar surface area (TPSA) is 43.3 Å². The van der Waals surface area contributed by atoms with Gasteiger partial charge in [0.2, 0.25) is 0 Å². The summed E-state index contributed by atoms with van der Waals surface area (Å²) in [5, 5.41) is 5.20. The van der Waals surface area contributed by atoms with E-state index in [4.69, 9.17) is 16.3 Å². The van der Waals surface area contributed by atoms with Gasteiger partial charge in [-0.2, -0.15) is 0 Å². The third-order valence-corrected chi connectivity index (χ3v) is 5.66. The van der Waals surface area contributed by atoms with E-state index in [0.29, 0.717) is 21.3 Å². The smallest absolute Gasteiger partial charge is 0.267 e. The summed E-state index contributed by atoms with van der Waals surface area (Å²) in [4.78, 5) is 13.6. The molecule has 0 saturated carbocycles. The lowest BCUT2D eigenvalue weighted by Gasteiger charge is -2.11. The molecular weight excluding hydrogens is 411 g/mol. The summed E-state index contributed by atoms with van der Waals surface area (Å²) in [7, 11) is 1.53. The molecule has 4 aromatic rings. The molecule has 0 aliphatic carbocycles. The number of rotatable bonds is 5. The lowest BCUT2D eigenvalue weighted by Crippen LogP contribution is -2.13. The van der Waals surface area contributed by atoms with Gasteiger partial charge in [0, 0.05) is 29.0 Å². The van der Waals surface area contributed by atoms with Crippen molar-refractivity contribution >= 4 is 34.5 Å². The van der Waals surface area contributed by atoms with Gasteiger partial charge in [-0.3, -0.25) is 4.79 Å². The number of benzene rings is 2. The number of thiophene rings is 1. The number of amides is 1. The predicted octanol–water partition coefficient (Wildman–Crippen LogP) is 6.26. The number of aromatic nitrogens is 1. The van der Waals surface area contributed by atoms with E-state index in [1.54, 1.807) is 30.3 Å². The molecule has 2 aromatic heterocycles. The molecule has 7 heteroatoms. The Morgan fingerprint density at radius 3 is 2.52 bits per heavy atom. The maximum absolute atomic E-state index is 13.4. The Hall–Kier alpha value is -3.09. The van der Waals surface area contributed by atoms with Crippen molar-refractivity contribution in [1.29, 1.82) is 0 Å². The monoisotopic (exact) mass is 426 g/mol. The summed E-state index contributed by atoms with van der Waals surface area (Å²) in [6, 6.07) is 15.1. The van der Waals surface area contributed by atoms with Gasteiger partial charge < -0.3 is 14.6 Å². The number of hydrogen-bond acceptors (Lipinski definition) is 3. The van der Waals surface area contributed by atoms with E-state index < -0.39 is 0 Å². The number of nitrogens with one attached hydrogen (secondary N) is 1. The van der Waals surface area contributed by atoms with Gasteiger partial charge in [0.25, 0.3) is 5.91 Å². The molecule has 2 heterocycles. The summed E-state index contributed by atoms with van der Waals surface area (Å²) in [5.41, 5.74) is 2.99. The van der Waals surface area contributed by atoms with E-state index in [-0.39, 0.29) is 11.7 Å². The number of methoxy groups -OCH3 is 1. The first-order chi connectivity index (χ1) is 14.1. The first-order valence-electron chi connectivity index (χ1n) is 8.72. The van der Waals surface area contributed by atoms with Crippen molar-refractivity contribution in [3.05, 3.63) is 88.1 Å². The van der Waals surface area contributed by atoms with Crippen LogP contribution in [-0.4, -0.2) is 17.6 Å². The van der Waals surface area contributed by atoms with E-state index in [2.05, 4.69) is 5.32 Å². The summed E-state index contributed by atoms with van der Waals surface area (Å²) >= 11 is 7.49. The molecule has 29 heavy (non-hydrogen) atoms. The molecule has 0 aliphatic heterocycles. The van der Waals surface area contributed by atoms with Crippen molar-refractivity contribution in [2.24, 2.45) is 0 Å². The maximum atomic E-state index is 13.4. The first kappa shape index (κ1) is 19.2. The van der Waals surface area contributed by atoms with Gasteiger partial charge in [-0.25, -0.2) is 4.39 Å². The Morgan fingerprint density at radius 2 is 1.86 bits per heavy atom. The molecule has 0 aliphatic rings. The molecule has 0 atom stereocenters. The second-order valence-corrected chi connectivity index (χ2v) is 7.51. The van der Waals surface area contributed by atoms with Crippen LogP contribution in [0.2, 0.25) is 5.02 Å². The summed E-state index contributed by atoms with van der Waals surface area (Å²) in [6.07, 6.45) is 3.74. The van der Waals surface area contributed by atoms with Gasteiger partial charge in [0.15, 0.2) is 0 Å². The quantitative estimate of drug-likeness (QED) is 0.409. The largest absolute Gasteiger partial charge is 0.495 e. The number of anilines is 1. The van der Waals surface area contributed by atoms with Gasteiger partial charge in [-0.05, 0) is 48.0 Å². The molecule has 0 unspecified atom stereocenters. The SMILES string of the molecule is COc1ccc(NC(=O)c2scc(-c3ccc(F)cc3)c2-n2cccc2)cc1Cl. The van der Waals surface area contributed by atoms with Crippen molar-refractivity contribution in [2.75, 3.05) is 12.4 Å². The van der Waals surface area contributed by atoms with Gasteiger partial charge in [-0.1, -0.05) is 23.7 Å². The normalized spacial score (nSPS) is 10.7. The highest BCUT2D eigenvalue weighted by Crippen LogP contribution is 2.36. The van der Waals surface area contributed by atoms with Gasteiger partial charge in [-0.15, -0.1) is 11.3 Å². The summed E-state index contributed by atoms with van der Waals surface area (Å²) in [6.45, 7) is 0. The van der Waals surface area contributed by atoms with Crippen LogP contribution in [0.1, 0.15) is 9.67 Å². The maximum Gasteiger partial charge on any atom is 0.267 e. The summed E-state index contributed by atoms with van der Waals surface area (Å²) in [5.74, 6) is -0.0263. The Morgan fingerprint density at radius 1 is 1.14 bits per heavy atom. The highest BCUT2D eigenvalue weighted by Gasteiger charge is 2.21. The lowest BCUT2D eigenvalue weighted by atomic mass is 10.1. The van der Waals surface area contributed by atoms with E-state index in [9.17, 15) is 9.18 Å². The molecule has 0 spiro atoms. The molecule has 0 bridgehead atoms. The molecule has 2 aromatic carbocycles. The average Bonchev–Trinajstić information content (AvgIpc) is 3.38. The standard InChI is InChI=1S/C22H16ClFN2O2S/c1-28-19-9-8-16(12-18(19)23)25-22(27)21-20(26-10-2-3-11-26)17(13-29-21)14-4-6-15(24)7-5-14/h2-13H,1H3,(H,25,27). The zero-order valence-corrected chi connectivity index (χ0v) is 16.9. The van der Waals surface area contributed by atoms with E-state index in [1.807, 2.05) is 34.5 Å². The third kappa shape index (κ3) is 3.90. The fourth-order valence-electron chi connectivity index (χ4n) is 3.02. The highest BCUT2D eigenvalue weighted by molar-refractivity contribution is 7.13. The van der Waals surface area contributed by atoms with Gasteiger partial charge in [0.1, 0.15) is 16.4 Å². The second-order valence-electron chi connectivity index (χ2n) is 6.23. The Balaban J connectivity index is 1.73. The first-order valence-corrected chi connectivity index (χ1v) is 9.98. The van der Waals surface area contributed by atoms with Crippen molar-refractivity contribution in [3.8, 4) is 22.6 Å². The Bertz CT molecular complexity index is 1150. The number of nitrogens with zero attached hydrogens (tertiary/aromatic N) is 1. The molecule has 0 radical (unpaired) electrons. The van der Waals surface area contributed by atoms with E-state index in [0.717, 1.165) is 16.8 Å². The molecule has 4 nitrogen and oxygen atoms in total. The van der Waals surface area contributed by atoms with Gasteiger partial charge >= 0.3 is 0 Å². The van der Waals surface area contributed by atoms with Crippen LogP contribution in [-0.2, 0) is 0 Å². The van der Waals surface area contributed by atoms with Gasteiger partial charge in [0.05, 0.1) is 17.8 Å². The van der Waals surface area contributed by atoms with Crippen LogP contribution >= 0.6 is 22.9 Å². The van der Waals surface area contributed by atoms with Crippen molar-refractivity contribution in [3.63, 3.8) is 0 Å². The second kappa shape index (κ2) is 8.11. The van der Waals surface area contributed by atoms with E-state index in [1.165, 1.54) is 30.6 Å². The van der Waals surface area contributed by atoms with Crippen LogP contribution in [0.3, 0.4) is 0 Å². The molecular formula is C22H16ClFN2O2S. The van der Waals surface area contributed by atoms with Crippen LogP contribution in [0.5, 0.6) is 5.75 Å². The number of carbonyl (C=O) groups excluding carboxylic acids is 1. The fourth-order valence-corrected chi connectivity index (χ4v) is 4.25. The molecule has 0 fully saturated rings. The lowest BCUT2D eigenvalue weighted by molar-refractivity contribution is 0.103. The number of halogens is 2. The minimum Gasteiger partial charge on any atom is -0.495 e. The Labute approximate surface area is 176 Å². The minimum absolute atomic E-state index is 0.256.